The molecule has 0 saturated carbocycles. The van der Waals surface area contributed by atoms with E-state index in [0.717, 1.165) is 0 Å². The number of nitrogens with zero attached hydrogens (tertiary/aromatic N) is 1. The summed E-state index contributed by atoms with van der Waals surface area (Å²) in [5, 5.41) is 6.79. The van der Waals surface area contributed by atoms with Gasteiger partial charge < -0.3 is 5.32 Å². The summed E-state index contributed by atoms with van der Waals surface area (Å²) in [5.41, 5.74) is -0.264. The Kier molecular flexibility index (Phi) is 3.74. The number of rotatable bonds is 2. The third kappa shape index (κ3) is 2.69. The SMILES string of the molecule is CC(C)N=C1NC(=O)C(C)(c2ccc(Cl)cc2Cl)N1. The van der Waals surface area contributed by atoms with E-state index in [2.05, 4.69) is 15.6 Å². The molecular formula is C13H15Cl2N3O. The first-order chi connectivity index (χ1) is 8.83. The van der Waals surface area contributed by atoms with Crippen molar-refractivity contribution in [3.63, 3.8) is 0 Å². The molecule has 4 nitrogen and oxygen atoms in total. The zero-order valence-electron chi connectivity index (χ0n) is 10.9. The van der Waals surface area contributed by atoms with Crippen molar-refractivity contribution >= 4 is 35.1 Å². The molecule has 1 aromatic rings. The number of aliphatic imine (C=N–C) groups is 1. The Labute approximate surface area is 122 Å². The molecule has 1 aliphatic rings. The zero-order valence-corrected chi connectivity index (χ0v) is 12.4. The summed E-state index contributed by atoms with van der Waals surface area (Å²) in [6.45, 7) is 5.64. The van der Waals surface area contributed by atoms with Gasteiger partial charge in [-0.15, -0.1) is 0 Å². The van der Waals surface area contributed by atoms with Crippen LogP contribution in [0.3, 0.4) is 0 Å². The van der Waals surface area contributed by atoms with Crippen molar-refractivity contribution in [1.82, 2.24) is 10.6 Å². The van der Waals surface area contributed by atoms with Crippen molar-refractivity contribution in [2.75, 3.05) is 0 Å². The number of nitrogens with one attached hydrogen (secondary N) is 2. The third-order valence-corrected chi connectivity index (χ3v) is 3.46. The molecule has 0 aliphatic carbocycles. The molecule has 1 fully saturated rings. The van der Waals surface area contributed by atoms with Gasteiger partial charge in [-0.05, 0) is 32.9 Å². The molecule has 0 radical (unpaired) electrons. The van der Waals surface area contributed by atoms with Crippen LogP contribution in [0.4, 0.5) is 0 Å². The molecule has 0 spiro atoms. The molecule has 2 N–H and O–H groups in total. The molecule has 1 atom stereocenters. The summed E-state index contributed by atoms with van der Waals surface area (Å²) in [6.07, 6.45) is 0. The van der Waals surface area contributed by atoms with Gasteiger partial charge >= 0.3 is 0 Å². The van der Waals surface area contributed by atoms with Gasteiger partial charge in [-0.1, -0.05) is 29.3 Å². The average Bonchev–Trinajstić information content (AvgIpc) is 2.53. The number of carbonyl (C=O) groups excluding carboxylic acids is 1. The first-order valence-electron chi connectivity index (χ1n) is 5.96. The second-order valence-corrected chi connectivity index (χ2v) is 5.74. The number of guanidine groups is 1. The fourth-order valence-corrected chi connectivity index (χ4v) is 2.56. The summed E-state index contributed by atoms with van der Waals surface area (Å²) < 4.78 is 0. The Balaban J connectivity index is 2.40. The number of hydrogen-bond acceptors (Lipinski definition) is 2. The quantitative estimate of drug-likeness (QED) is 0.882. The molecular weight excluding hydrogens is 285 g/mol. The monoisotopic (exact) mass is 299 g/mol. The number of amides is 1. The van der Waals surface area contributed by atoms with Crippen molar-refractivity contribution in [1.29, 1.82) is 0 Å². The molecule has 1 unspecified atom stereocenters. The number of hydrogen-bond donors (Lipinski definition) is 2. The molecule has 0 bridgehead atoms. The predicted octanol–water partition coefficient (Wildman–Crippen LogP) is 2.69. The Morgan fingerprint density at radius 2 is 2.00 bits per heavy atom. The van der Waals surface area contributed by atoms with E-state index < -0.39 is 5.54 Å². The van der Waals surface area contributed by atoms with Gasteiger partial charge in [-0.2, -0.15) is 0 Å². The summed E-state index contributed by atoms with van der Waals surface area (Å²) in [4.78, 5) is 16.5. The van der Waals surface area contributed by atoms with Crippen LogP contribution in [-0.2, 0) is 10.3 Å². The lowest BCUT2D eigenvalue weighted by atomic mass is 9.92. The minimum Gasteiger partial charge on any atom is -0.338 e. The van der Waals surface area contributed by atoms with E-state index in [1.807, 2.05) is 13.8 Å². The Morgan fingerprint density at radius 1 is 1.32 bits per heavy atom. The highest BCUT2D eigenvalue weighted by molar-refractivity contribution is 6.35. The topological polar surface area (TPSA) is 53.5 Å². The van der Waals surface area contributed by atoms with Gasteiger partial charge in [0.2, 0.25) is 0 Å². The van der Waals surface area contributed by atoms with Gasteiger partial charge in [0.1, 0.15) is 5.54 Å². The highest BCUT2D eigenvalue weighted by atomic mass is 35.5. The molecule has 1 heterocycles. The maximum atomic E-state index is 12.2. The highest BCUT2D eigenvalue weighted by Gasteiger charge is 2.43. The lowest BCUT2D eigenvalue weighted by molar-refractivity contribution is -0.123. The zero-order chi connectivity index (χ0) is 14.2. The summed E-state index contributed by atoms with van der Waals surface area (Å²) in [7, 11) is 0. The lowest BCUT2D eigenvalue weighted by Crippen LogP contribution is -2.41. The van der Waals surface area contributed by atoms with Crippen LogP contribution < -0.4 is 10.6 Å². The molecule has 2 rings (SSSR count). The second kappa shape index (κ2) is 5.02. The molecule has 102 valence electrons. The van der Waals surface area contributed by atoms with Crippen molar-refractivity contribution in [2.45, 2.75) is 32.4 Å². The first-order valence-corrected chi connectivity index (χ1v) is 6.71. The second-order valence-electron chi connectivity index (χ2n) is 4.90. The van der Waals surface area contributed by atoms with Crippen molar-refractivity contribution in [2.24, 2.45) is 4.99 Å². The predicted molar refractivity (Wildman–Crippen MR) is 77.7 cm³/mol. The van der Waals surface area contributed by atoms with Crippen molar-refractivity contribution < 1.29 is 4.79 Å². The minimum absolute atomic E-state index is 0.0887. The van der Waals surface area contributed by atoms with Gasteiger partial charge in [0.25, 0.3) is 5.91 Å². The van der Waals surface area contributed by atoms with E-state index in [-0.39, 0.29) is 11.9 Å². The van der Waals surface area contributed by atoms with Gasteiger partial charge in [0.15, 0.2) is 5.96 Å². The molecule has 1 aliphatic heterocycles. The van der Waals surface area contributed by atoms with Crippen LogP contribution in [0.5, 0.6) is 0 Å². The number of benzene rings is 1. The largest absolute Gasteiger partial charge is 0.338 e. The Bertz CT molecular complexity index is 557. The molecule has 1 amide bonds. The Hall–Kier alpha value is -1.26. The normalized spacial score (nSPS) is 24.7. The van der Waals surface area contributed by atoms with Crippen LogP contribution >= 0.6 is 23.2 Å². The van der Waals surface area contributed by atoms with Crippen LogP contribution in [0.1, 0.15) is 26.3 Å². The van der Waals surface area contributed by atoms with Gasteiger partial charge in [-0.3, -0.25) is 15.1 Å². The van der Waals surface area contributed by atoms with Gasteiger partial charge in [0, 0.05) is 21.7 Å². The maximum absolute atomic E-state index is 12.2. The number of carbonyl (C=O) groups is 1. The molecule has 1 aromatic carbocycles. The van der Waals surface area contributed by atoms with Crippen LogP contribution in [0.2, 0.25) is 10.0 Å². The fourth-order valence-electron chi connectivity index (χ4n) is 1.96. The maximum Gasteiger partial charge on any atom is 0.256 e. The van der Waals surface area contributed by atoms with Crippen LogP contribution in [-0.4, -0.2) is 17.9 Å². The summed E-state index contributed by atoms with van der Waals surface area (Å²) >= 11 is 12.0. The van der Waals surface area contributed by atoms with Crippen LogP contribution in [0.25, 0.3) is 0 Å². The third-order valence-electron chi connectivity index (χ3n) is 2.91. The summed E-state index contributed by atoms with van der Waals surface area (Å²) in [6, 6.07) is 5.16. The molecule has 0 aromatic heterocycles. The molecule has 1 saturated heterocycles. The van der Waals surface area contributed by atoms with E-state index >= 15 is 0 Å². The number of halogens is 2. The van der Waals surface area contributed by atoms with Crippen molar-refractivity contribution in [3.8, 4) is 0 Å². The molecule has 19 heavy (non-hydrogen) atoms. The van der Waals surface area contributed by atoms with E-state index in [4.69, 9.17) is 23.2 Å². The standard InChI is InChI=1S/C13H15Cl2N3O/c1-7(2)16-12-17-11(19)13(3,18-12)9-5-4-8(14)6-10(9)15/h4-7H,1-3H3,(H2,16,17,18,19). The van der Waals surface area contributed by atoms with Crippen LogP contribution in [0, 0.1) is 0 Å². The average molecular weight is 300 g/mol. The lowest BCUT2D eigenvalue weighted by Gasteiger charge is -2.23. The Morgan fingerprint density at radius 3 is 2.58 bits per heavy atom. The fraction of sp³-hybridized carbons (Fsp3) is 0.385. The van der Waals surface area contributed by atoms with E-state index in [9.17, 15) is 4.79 Å². The van der Waals surface area contributed by atoms with E-state index in [1.165, 1.54) is 0 Å². The van der Waals surface area contributed by atoms with Crippen molar-refractivity contribution in [3.05, 3.63) is 33.8 Å². The summed E-state index contributed by atoms with van der Waals surface area (Å²) in [5.74, 6) is 0.282. The van der Waals surface area contributed by atoms with Gasteiger partial charge in [-0.25, -0.2) is 0 Å². The minimum atomic E-state index is -0.935. The van der Waals surface area contributed by atoms with E-state index in [1.54, 1.807) is 25.1 Å². The van der Waals surface area contributed by atoms with Crippen LogP contribution in [0.15, 0.2) is 23.2 Å². The van der Waals surface area contributed by atoms with Gasteiger partial charge in [0.05, 0.1) is 0 Å². The molecule has 6 heteroatoms. The smallest absolute Gasteiger partial charge is 0.256 e. The highest BCUT2D eigenvalue weighted by Crippen LogP contribution is 2.32. The first kappa shape index (κ1) is 14.2. The van der Waals surface area contributed by atoms with E-state index in [0.29, 0.717) is 21.6 Å².